The van der Waals surface area contributed by atoms with E-state index in [0.717, 1.165) is 18.4 Å². The maximum absolute atomic E-state index is 13.4. The summed E-state index contributed by atoms with van der Waals surface area (Å²) >= 11 is 1.25. The van der Waals surface area contributed by atoms with E-state index in [0.29, 0.717) is 53.0 Å². The van der Waals surface area contributed by atoms with Crippen LogP contribution in [0.2, 0.25) is 0 Å². The summed E-state index contributed by atoms with van der Waals surface area (Å²) < 4.78 is 38.8. The zero-order chi connectivity index (χ0) is 26.7. The first-order valence-corrected chi connectivity index (χ1v) is 14.8. The van der Waals surface area contributed by atoms with Gasteiger partial charge in [0.1, 0.15) is 28.6 Å². The van der Waals surface area contributed by atoms with Gasteiger partial charge in [-0.15, -0.1) is 0 Å². The summed E-state index contributed by atoms with van der Waals surface area (Å²) in [7, 11) is -1.31. The average Bonchev–Trinajstić information content (AvgIpc) is 3.33. The molecule has 8 nitrogen and oxygen atoms in total. The first-order chi connectivity index (χ1) is 17.6. The van der Waals surface area contributed by atoms with Crippen molar-refractivity contribution in [2.75, 3.05) is 37.8 Å². The second-order valence-corrected chi connectivity index (χ2v) is 12.3. The van der Waals surface area contributed by atoms with E-state index in [1.807, 2.05) is 18.9 Å². The van der Waals surface area contributed by atoms with E-state index in [-0.39, 0.29) is 11.7 Å². The number of sulfonamides is 1. The Kier molecular flexibility index (Phi) is 8.11. The van der Waals surface area contributed by atoms with Crippen molar-refractivity contribution < 1.29 is 12.8 Å². The number of halogens is 1. The monoisotopic (exact) mass is 542 g/mol. The molecule has 1 saturated heterocycles. The second-order valence-electron chi connectivity index (χ2n) is 9.32. The van der Waals surface area contributed by atoms with Gasteiger partial charge < -0.3 is 15.2 Å². The van der Waals surface area contributed by atoms with Crippen LogP contribution in [-0.2, 0) is 10.0 Å². The molecule has 1 atom stereocenters. The van der Waals surface area contributed by atoms with Crippen LogP contribution in [0, 0.1) is 28.5 Å². The first kappa shape index (κ1) is 27.0. The molecule has 0 aliphatic carbocycles. The first-order valence-electron chi connectivity index (χ1n) is 12.2. The predicted molar refractivity (Wildman–Crippen MR) is 146 cm³/mol. The molecule has 0 spiro atoms. The van der Waals surface area contributed by atoms with Gasteiger partial charge in [-0.1, -0.05) is 30.4 Å². The number of nitriles is 1. The van der Waals surface area contributed by atoms with E-state index in [9.17, 15) is 18.1 Å². The number of thiazole rings is 1. The minimum absolute atomic E-state index is 0.244. The number of rotatable bonds is 8. The van der Waals surface area contributed by atoms with Gasteiger partial charge in [0.15, 0.2) is 5.13 Å². The zero-order valence-electron chi connectivity index (χ0n) is 21.2. The van der Waals surface area contributed by atoms with Crippen LogP contribution in [0.15, 0.2) is 48.2 Å². The molecule has 3 heterocycles. The molecular weight excluding hydrogens is 511 g/mol. The van der Waals surface area contributed by atoms with Gasteiger partial charge in [0.25, 0.3) is 0 Å². The third kappa shape index (κ3) is 5.92. The lowest BCUT2D eigenvalue weighted by Crippen LogP contribution is -2.50. The van der Waals surface area contributed by atoms with Crippen LogP contribution in [0.3, 0.4) is 0 Å². The van der Waals surface area contributed by atoms with E-state index < -0.39 is 16.2 Å². The molecule has 2 aromatic rings. The fourth-order valence-electron chi connectivity index (χ4n) is 4.81. The Morgan fingerprint density at radius 1 is 1.32 bits per heavy atom. The van der Waals surface area contributed by atoms with Crippen LogP contribution in [0.1, 0.15) is 31.1 Å². The summed E-state index contributed by atoms with van der Waals surface area (Å²) in [6, 6.07) is 8.13. The van der Waals surface area contributed by atoms with Crippen LogP contribution in [0.25, 0.3) is 11.3 Å². The third-order valence-electron chi connectivity index (χ3n) is 6.85. The zero-order valence-corrected chi connectivity index (χ0v) is 22.8. The number of benzene rings is 1. The van der Waals surface area contributed by atoms with Gasteiger partial charge in [-0.2, -0.15) is 5.26 Å². The summed E-state index contributed by atoms with van der Waals surface area (Å²) in [4.78, 5) is 9.19. The Morgan fingerprint density at radius 2 is 2.00 bits per heavy atom. The number of allylic oxidation sites excluding steroid dienone is 2. The SMILES string of the molecule is CCC(=N)C(N1C=C(C2CCN(S(C)(=O)=O)CC2)C=CC1)N(C)c1nc(-c2ccc(F)cc2)c(C#N)s1. The molecule has 0 bridgehead atoms. The number of hydrogen-bond donors (Lipinski definition) is 1. The smallest absolute Gasteiger partial charge is 0.211 e. The highest BCUT2D eigenvalue weighted by Crippen LogP contribution is 2.35. The van der Waals surface area contributed by atoms with Crippen molar-refractivity contribution >= 4 is 32.2 Å². The summed E-state index contributed by atoms with van der Waals surface area (Å²) in [5.74, 6) is -0.108. The standard InChI is InChI=1S/C26H31FN6O2S2/c1-4-22(29)25(31(2)26-30-24(23(16-28)36-26)19-7-9-21(27)10-8-19)32-13-5-6-20(17-32)18-11-14-33(15-12-18)37(3,34)35/h5-10,17-18,25,29H,4,11-15H2,1-3H3. The quantitative estimate of drug-likeness (QED) is 0.495. The van der Waals surface area contributed by atoms with Crippen molar-refractivity contribution in [1.82, 2.24) is 14.2 Å². The second kappa shape index (κ2) is 11.1. The highest BCUT2D eigenvalue weighted by atomic mass is 32.2. The predicted octanol–water partition coefficient (Wildman–Crippen LogP) is 4.44. The molecule has 11 heteroatoms. The number of anilines is 1. The topological polar surface area (TPSA) is 104 Å². The number of nitrogens with zero attached hydrogens (tertiary/aromatic N) is 5. The lowest BCUT2D eigenvalue weighted by Gasteiger charge is -2.39. The maximum atomic E-state index is 13.4. The van der Waals surface area contributed by atoms with E-state index in [4.69, 9.17) is 10.4 Å². The minimum Gasteiger partial charge on any atom is -0.349 e. The van der Waals surface area contributed by atoms with Crippen LogP contribution in [-0.4, -0.2) is 67.4 Å². The fraction of sp³-hybridized carbons (Fsp3) is 0.423. The van der Waals surface area contributed by atoms with Gasteiger partial charge in [-0.25, -0.2) is 22.1 Å². The number of aromatic nitrogens is 1. The van der Waals surface area contributed by atoms with Crippen LogP contribution < -0.4 is 4.90 Å². The van der Waals surface area contributed by atoms with Crippen LogP contribution in [0.5, 0.6) is 0 Å². The average molecular weight is 543 g/mol. The van der Waals surface area contributed by atoms with Gasteiger partial charge in [0.2, 0.25) is 10.0 Å². The molecule has 0 radical (unpaired) electrons. The summed E-state index contributed by atoms with van der Waals surface area (Å²) in [5, 5.41) is 19.1. The summed E-state index contributed by atoms with van der Waals surface area (Å²) in [5.41, 5.74) is 2.81. The lowest BCUT2D eigenvalue weighted by atomic mass is 9.89. The van der Waals surface area contributed by atoms with Gasteiger partial charge in [0.05, 0.1) is 12.0 Å². The number of piperidine rings is 1. The molecule has 0 saturated carbocycles. The van der Waals surface area contributed by atoms with E-state index >= 15 is 0 Å². The van der Waals surface area contributed by atoms with E-state index in [1.54, 1.807) is 12.1 Å². The molecule has 1 fully saturated rings. The van der Waals surface area contributed by atoms with Gasteiger partial charge >= 0.3 is 0 Å². The molecule has 0 amide bonds. The Bertz CT molecular complexity index is 1350. The van der Waals surface area contributed by atoms with Crippen molar-refractivity contribution in [1.29, 1.82) is 10.7 Å². The molecule has 4 rings (SSSR count). The van der Waals surface area contributed by atoms with Gasteiger partial charge in [-0.3, -0.25) is 0 Å². The summed E-state index contributed by atoms with van der Waals surface area (Å²) in [6.45, 7) is 3.57. The lowest BCUT2D eigenvalue weighted by molar-refractivity contribution is 0.293. The van der Waals surface area contributed by atoms with Crippen molar-refractivity contribution in [3.8, 4) is 17.3 Å². The Labute approximate surface area is 221 Å². The highest BCUT2D eigenvalue weighted by Gasteiger charge is 2.31. The Balaban J connectivity index is 1.60. The third-order valence-corrected chi connectivity index (χ3v) is 9.20. The van der Waals surface area contributed by atoms with Crippen LogP contribution >= 0.6 is 11.3 Å². The fourth-order valence-corrected chi connectivity index (χ4v) is 6.56. The Morgan fingerprint density at radius 3 is 2.59 bits per heavy atom. The van der Waals surface area contributed by atoms with Crippen molar-refractivity contribution in [2.45, 2.75) is 32.4 Å². The molecule has 1 aromatic heterocycles. The number of nitrogens with one attached hydrogen (secondary N) is 1. The van der Waals surface area contributed by atoms with E-state index in [2.05, 4.69) is 29.3 Å². The molecule has 2 aliphatic heterocycles. The van der Waals surface area contributed by atoms with Crippen molar-refractivity contribution in [2.24, 2.45) is 5.92 Å². The van der Waals surface area contributed by atoms with Gasteiger partial charge in [0, 0.05) is 38.4 Å². The van der Waals surface area contributed by atoms with E-state index in [1.165, 1.54) is 34.0 Å². The maximum Gasteiger partial charge on any atom is 0.211 e. The molecule has 2 aliphatic rings. The molecule has 196 valence electrons. The molecule has 1 unspecified atom stereocenters. The van der Waals surface area contributed by atoms with Crippen LogP contribution in [0.4, 0.5) is 9.52 Å². The molecule has 1 N–H and O–H groups in total. The van der Waals surface area contributed by atoms with Crippen molar-refractivity contribution in [3.05, 3.63) is 58.9 Å². The normalized spacial score (nSPS) is 17.8. The largest absolute Gasteiger partial charge is 0.349 e. The summed E-state index contributed by atoms with van der Waals surface area (Å²) in [6.07, 6.45) is 9.17. The number of hydrogen-bond acceptors (Lipinski definition) is 8. The van der Waals surface area contributed by atoms with Crippen molar-refractivity contribution in [3.63, 3.8) is 0 Å². The molecule has 1 aromatic carbocycles. The molecule has 37 heavy (non-hydrogen) atoms. The highest BCUT2D eigenvalue weighted by molar-refractivity contribution is 7.88. The van der Waals surface area contributed by atoms with Gasteiger partial charge in [-0.05, 0) is 55.0 Å². The Hall–Kier alpha value is -3.07. The molecular formula is C26H31FN6O2S2. The minimum atomic E-state index is -3.18.